The number of aromatic nitrogens is 1. The Morgan fingerprint density at radius 2 is 1.89 bits per heavy atom. The highest BCUT2D eigenvalue weighted by Gasteiger charge is 2.16. The van der Waals surface area contributed by atoms with E-state index in [9.17, 15) is 8.42 Å². The Morgan fingerprint density at radius 3 is 2.53 bits per heavy atom. The third-order valence-corrected chi connectivity index (χ3v) is 4.94. The fraction of sp³-hybridized carbons (Fsp3) is 0. The van der Waals surface area contributed by atoms with E-state index >= 15 is 0 Å². The number of pyridine rings is 1. The second kappa shape index (κ2) is 5.78. The summed E-state index contributed by atoms with van der Waals surface area (Å²) in [6.45, 7) is 0. The highest BCUT2D eigenvalue weighted by Crippen LogP contribution is 2.28. The SMILES string of the molecule is O=S(=O)(Nc1cc(Br)ccc1Br)c1ccc(Cl)nc1. The summed E-state index contributed by atoms with van der Waals surface area (Å²) in [7, 11) is -3.69. The average molecular weight is 427 g/mol. The number of benzene rings is 1. The first-order valence-corrected chi connectivity index (χ1v) is 8.42. The lowest BCUT2D eigenvalue weighted by Crippen LogP contribution is -2.13. The molecule has 19 heavy (non-hydrogen) atoms. The molecule has 1 N–H and O–H groups in total. The van der Waals surface area contributed by atoms with Gasteiger partial charge in [0.15, 0.2) is 0 Å². The van der Waals surface area contributed by atoms with Gasteiger partial charge in [0.1, 0.15) is 10.0 Å². The number of nitrogens with one attached hydrogen (secondary N) is 1. The van der Waals surface area contributed by atoms with Crippen molar-refractivity contribution < 1.29 is 8.42 Å². The number of nitrogens with zero attached hydrogens (tertiary/aromatic N) is 1. The van der Waals surface area contributed by atoms with Crippen LogP contribution in [0.4, 0.5) is 5.69 Å². The minimum atomic E-state index is -3.69. The minimum Gasteiger partial charge on any atom is -0.278 e. The lowest BCUT2D eigenvalue weighted by Gasteiger charge is -2.10. The van der Waals surface area contributed by atoms with E-state index in [4.69, 9.17) is 11.6 Å². The molecule has 0 saturated heterocycles. The van der Waals surface area contributed by atoms with Crippen molar-refractivity contribution in [1.29, 1.82) is 0 Å². The van der Waals surface area contributed by atoms with Gasteiger partial charge in [0, 0.05) is 15.1 Å². The van der Waals surface area contributed by atoms with Crippen molar-refractivity contribution in [2.24, 2.45) is 0 Å². The molecule has 0 amide bonds. The molecule has 0 aliphatic carbocycles. The van der Waals surface area contributed by atoms with Gasteiger partial charge in [-0.05, 0) is 46.3 Å². The molecule has 0 bridgehead atoms. The summed E-state index contributed by atoms with van der Waals surface area (Å²) in [5.74, 6) is 0. The maximum absolute atomic E-state index is 12.1. The quantitative estimate of drug-likeness (QED) is 0.753. The molecule has 2 aromatic rings. The number of hydrogen-bond acceptors (Lipinski definition) is 3. The number of anilines is 1. The van der Waals surface area contributed by atoms with Gasteiger partial charge in [0.05, 0.1) is 5.69 Å². The second-order valence-corrected chi connectivity index (χ2v) is 7.39. The Hall–Kier alpha value is -0.630. The first-order valence-electron chi connectivity index (χ1n) is 4.98. The Balaban J connectivity index is 2.36. The van der Waals surface area contributed by atoms with Crippen LogP contribution in [0.25, 0.3) is 0 Å². The highest BCUT2D eigenvalue weighted by atomic mass is 79.9. The largest absolute Gasteiger partial charge is 0.278 e. The van der Waals surface area contributed by atoms with Crippen LogP contribution in [0.15, 0.2) is 50.4 Å². The molecule has 0 saturated carbocycles. The average Bonchev–Trinajstić information content (AvgIpc) is 2.34. The Bertz CT molecular complexity index is 705. The smallest absolute Gasteiger partial charge is 0.263 e. The van der Waals surface area contributed by atoms with Crippen molar-refractivity contribution in [3.8, 4) is 0 Å². The Kier molecular flexibility index (Phi) is 4.50. The van der Waals surface area contributed by atoms with Gasteiger partial charge in [-0.25, -0.2) is 13.4 Å². The maximum atomic E-state index is 12.1. The van der Waals surface area contributed by atoms with Crippen LogP contribution in [-0.4, -0.2) is 13.4 Å². The van der Waals surface area contributed by atoms with Crippen LogP contribution in [0.1, 0.15) is 0 Å². The first-order chi connectivity index (χ1) is 8.88. The van der Waals surface area contributed by atoms with Crippen molar-refractivity contribution in [3.63, 3.8) is 0 Å². The van der Waals surface area contributed by atoms with Gasteiger partial charge in [-0.1, -0.05) is 27.5 Å². The molecule has 8 heteroatoms. The van der Waals surface area contributed by atoms with Crippen LogP contribution in [0, 0.1) is 0 Å². The lowest BCUT2D eigenvalue weighted by molar-refractivity contribution is 0.601. The van der Waals surface area contributed by atoms with Gasteiger partial charge in [0.25, 0.3) is 10.0 Å². The summed E-state index contributed by atoms with van der Waals surface area (Å²) in [6, 6.07) is 8.01. The fourth-order valence-electron chi connectivity index (χ4n) is 1.30. The van der Waals surface area contributed by atoms with Crippen molar-refractivity contribution in [2.45, 2.75) is 4.90 Å². The predicted molar refractivity (Wildman–Crippen MR) is 81.9 cm³/mol. The summed E-state index contributed by atoms with van der Waals surface area (Å²) in [5.41, 5.74) is 0.435. The van der Waals surface area contributed by atoms with Crippen LogP contribution in [0.2, 0.25) is 5.15 Å². The second-order valence-electron chi connectivity index (χ2n) is 3.55. The zero-order valence-electron chi connectivity index (χ0n) is 9.27. The van der Waals surface area contributed by atoms with Crippen LogP contribution in [0.5, 0.6) is 0 Å². The van der Waals surface area contributed by atoms with E-state index in [2.05, 4.69) is 41.6 Å². The predicted octanol–water partition coefficient (Wildman–Crippen LogP) is 4.06. The summed E-state index contributed by atoms with van der Waals surface area (Å²) in [6.07, 6.45) is 1.20. The van der Waals surface area contributed by atoms with Crippen molar-refractivity contribution in [3.05, 3.63) is 50.6 Å². The highest BCUT2D eigenvalue weighted by molar-refractivity contribution is 9.11. The lowest BCUT2D eigenvalue weighted by atomic mass is 10.3. The number of halogens is 3. The molecule has 100 valence electrons. The van der Waals surface area contributed by atoms with Crippen LogP contribution in [-0.2, 0) is 10.0 Å². The van der Waals surface area contributed by atoms with Crippen molar-refractivity contribution >= 4 is 59.2 Å². The van der Waals surface area contributed by atoms with E-state index < -0.39 is 10.0 Å². The molecular weight excluding hydrogens is 419 g/mol. The fourth-order valence-corrected chi connectivity index (χ4v) is 3.27. The molecule has 0 atom stereocenters. The third-order valence-electron chi connectivity index (χ3n) is 2.18. The summed E-state index contributed by atoms with van der Waals surface area (Å²) >= 11 is 12.2. The number of rotatable bonds is 3. The molecule has 4 nitrogen and oxygen atoms in total. The van der Waals surface area contributed by atoms with Crippen molar-refractivity contribution in [2.75, 3.05) is 4.72 Å². The summed E-state index contributed by atoms with van der Waals surface area (Å²) in [4.78, 5) is 3.80. The molecule has 0 spiro atoms. The standard InChI is InChI=1S/C11H7Br2ClN2O2S/c12-7-1-3-9(13)10(5-7)16-19(17,18)8-2-4-11(14)15-6-8/h1-6,16H. The molecule has 0 fully saturated rings. The molecule has 2 rings (SSSR count). The zero-order valence-corrected chi connectivity index (χ0v) is 14.0. The van der Waals surface area contributed by atoms with Crippen LogP contribution in [0.3, 0.4) is 0 Å². The number of hydrogen-bond donors (Lipinski definition) is 1. The van der Waals surface area contributed by atoms with Gasteiger partial charge < -0.3 is 0 Å². The van der Waals surface area contributed by atoms with Gasteiger partial charge >= 0.3 is 0 Å². The van der Waals surface area contributed by atoms with Gasteiger partial charge in [-0.3, -0.25) is 4.72 Å². The van der Waals surface area contributed by atoms with E-state index in [1.54, 1.807) is 18.2 Å². The van der Waals surface area contributed by atoms with Gasteiger partial charge in [-0.15, -0.1) is 0 Å². The van der Waals surface area contributed by atoms with Gasteiger partial charge in [0.2, 0.25) is 0 Å². The van der Waals surface area contributed by atoms with E-state index in [0.29, 0.717) is 10.2 Å². The summed E-state index contributed by atoms with van der Waals surface area (Å²) in [5, 5.41) is 0.239. The summed E-state index contributed by atoms with van der Waals surface area (Å²) < 4.78 is 28.2. The molecular formula is C11H7Br2ClN2O2S. The topological polar surface area (TPSA) is 59.1 Å². The molecule has 0 radical (unpaired) electrons. The maximum Gasteiger partial charge on any atom is 0.263 e. The van der Waals surface area contributed by atoms with E-state index in [-0.39, 0.29) is 10.0 Å². The van der Waals surface area contributed by atoms with E-state index in [1.807, 2.05) is 0 Å². The minimum absolute atomic E-state index is 0.0452. The molecule has 1 heterocycles. The molecule has 0 aliphatic rings. The Morgan fingerprint density at radius 1 is 1.16 bits per heavy atom. The normalized spacial score (nSPS) is 11.3. The van der Waals surface area contributed by atoms with E-state index in [0.717, 1.165) is 4.47 Å². The molecule has 1 aromatic heterocycles. The molecule has 1 aromatic carbocycles. The third kappa shape index (κ3) is 3.68. The van der Waals surface area contributed by atoms with Gasteiger partial charge in [-0.2, -0.15) is 0 Å². The monoisotopic (exact) mass is 424 g/mol. The van der Waals surface area contributed by atoms with E-state index in [1.165, 1.54) is 18.3 Å². The van der Waals surface area contributed by atoms with Crippen LogP contribution >= 0.6 is 43.5 Å². The zero-order chi connectivity index (χ0) is 14.0. The van der Waals surface area contributed by atoms with Crippen LogP contribution < -0.4 is 4.72 Å². The molecule has 0 aliphatic heterocycles. The Labute approximate surface area is 132 Å². The first kappa shape index (κ1) is 14.8. The van der Waals surface area contributed by atoms with Crippen molar-refractivity contribution in [1.82, 2.24) is 4.98 Å². The number of sulfonamides is 1. The molecule has 0 unspecified atom stereocenters.